The summed E-state index contributed by atoms with van der Waals surface area (Å²) in [6, 6.07) is 13.3. The molecular weight excluding hydrogens is 470 g/mol. The van der Waals surface area contributed by atoms with Crippen molar-refractivity contribution in [1.82, 2.24) is 9.88 Å². The Labute approximate surface area is 195 Å². The predicted molar refractivity (Wildman–Crippen MR) is 127 cm³/mol. The van der Waals surface area contributed by atoms with Crippen LogP contribution in [0.5, 0.6) is 0 Å². The van der Waals surface area contributed by atoms with Crippen molar-refractivity contribution in [2.75, 3.05) is 4.90 Å². The monoisotopic (exact) mass is 495 g/mol. The zero-order valence-electron chi connectivity index (χ0n) is 18.2. The summed E-state index contributed by atoms with van der Waals surface area (Å²) in [5.41, 5.74) is 1.97. The zero-order valence-corrected chi connectivity index (χ0v) is 19.8. The second-order valence-corrected chi connectivity index (χ2v) is 9.82. The Hall–Kier alpha value is -2.80. The molecule has 2 aliphatic rings. The van der Waals surface area contributed by atoms with Crippen molar-refractivity contribution in [1.29, 1.82) is 0 Å². The van der Waals surface area contributed by atoms with Crippen molar-refractivity contribution < 1.29 is 14.0 Å². The van der Waals surface area contributed by atoms with Crippen molar-refractivity contribution in [3.05, 3.63) is 64.5 Å². The first-order chi connectivity index (χ1) is 15.4. The Morgan fingerprint density at radius 3 is 2.59 bits per heavy atom. The van der Waals surface area contributed by atoms with Gasteiger partial charge in [-0.2, -0.15) is 0 Å². The van der Waals surface area contributed by atoms with Crippen molar-refractivity contribution in [3.63, 3.8) is 0 Å². The second kappa shape index (κ2) is 7.96. The van der Waals surface area contributed by atoms with E-state index < -0.39 is 5.54 Å². The normalized spacial score (nSPS) is 21.1. The van der Waals surface area contributed by atoms with Crippen LogP contribution in [-0.4, -0.2) is 28.0 Å². The molecule has 3 aromatic rings. The minimum Gasteiger partial charge on any atom is -0.463 e. The van der Waals surface area contributed by atoms with Crippen LogP contribution in [0.2, 0.25) is 0 Å². The second-order valence-electron chi connectivity index (χ2n) is 8.97. The maximum absolute atomic E-state index is 13.8. The summed E-state index contributed by atoms with van der Waals surface area (Å²) in [6.07, 6.45) is 5.84. The van der Waals surface area contributed by atoms with E-state index in [2.05, 4.69) is 21.2 Å². The Bertz CT molecular complexity index is 1180. The molecule has 1 aliphatic heterocycles. The zero-order chi connectivity index (χ0) is 22.5. The number of rotatable bonds is 4. The summed E-state index contributed by atoms with van der Waals surface area (Å²) >= 11 is 3.54. The van der Waals surface area contributed by atoms with Gasteiger partial charge in [0.2, 0.25) is 5.91 Å². The quantitative estimate of drug-likeness (QED) is 0.534. The number of anilines is 1. The highest BCUT2D eigenvalue weighted by Gasteiger charge is 2.49. The Kier molecular flexibility index (Phi) is 5.24. The van der Waals surface area contributed by atoms with Gasteiger partial charge in [-0.05, 0) is 74.7 Å². The SMILES string of the molecule is Cc1cc(N2C(=O)c3ccc(-c4ccco4)n3C[C@]2(C)C(=O)NC2CCCC2)ccc1Br. The van der Waals surface area contributed by atoms with Gasteiger partial charge in [0.15, 0.2) is 0 Å². The molecule has 0 bridgehead atoms. The highest BCUT2D eigenvalue weighted by molar-refractivity contribution is 9.10. The van der Waals surface area contributed by atoms with E-state index in [-0.39, 0.29) is 17.9 Å². The van der Waals surface area contributed by atoms with Crippen LogP contribution in [0.1, 0.15) is 48.7 Å². The topological polar surface area (TPSA) is 67.5 Å². The molecule has 1 aromatic carbocycles. The molecular formula is C25H26BrN3O3. The van der Waals surface area contributed by atoms with Crippen LogP contribution >= 0.6 is 15.9 Å². The molecule has 0 radical (unpaired) electrons. The molecule has 0 saturated heterocycles. The van der Waals surface area contributed by atoms with Gasteiger partial charge < -0.3 is 14.3 Å². The summed E-state index contributed by atoms with van der Waals surface area (Å²) in [4.78, 5) is 29.2. The van der Waals surface area contributed by atoms with Gasteiger partial charge >= 0.3 is 0 Å². The third kappa shape index (κ3) is 3.39. The van der Waals surface area contributed by atoms with Crippen LogP contribution in [0, 0.1) is 6.92 Å². The lowest BCUT2D eigenvalue weighted by atomic mass is 9.93. The number of furan rings is 1. The predicted octanol–water partition coefficient (Wildman–Crippen LogP) is 5.30. The standard InChI is InChI=1S/C25H26BrN3O3/c1-16-14-18(9-10-19(16)26)29-23(30)21-12-11-20(22-8-5-13-32-22)28(21)15-25(29,2)24(31)27-17-6-3-4-7-17/h5,8-14,17H,3-4,6-7,15H2,1-2H3,(H,27,31)/t25-/m1/s1. The first-order valence-electron chi connectivity index (χ1n) is 11.0. The summed E-state index contributed by atoms with van der Waals surface area (Å²) in [5.74, 6) is 0.360. The van der Waals surface area contributed by atoms with Crippen LogP contribution < -0.4 is 10.2 Å². The fraction of sp³-hybridized carbons (Fsp3) is 0.360. The van der Waals surface area contributed by atoms with E-state index in [1.54, 1.807) is 11.2 Å². The number of nitrogens with one attached hydrogen (secondary N) is 1. The van der Waals surface area contributed by atoms with Gasteiger partial charge in [0.05, 0.1) is 18.5 Å². The molecule has 6 nitrogen and oxygen atoms in total. The molecule has 1 saturated carbocycles. The maximum atomic E-state index is 13.8. The molecule has 1 aliphatic carbocycles. The van der Waals surface area contributed by atoms with E-state index >= 15 is 0 Å². The summed E-state index contributed by atoms with van der Waals surface area (Å²) < 4.78 is 8.48. The molecule has 2 aromatic heterocycles. The van der Waals surface area contributed by atoms with Gasteiger partial charge in [0, 0.05) is 16.2 Å². The van der Waals surface area contributed by atoms with Crippen LogP contribution in [0.3, 0.4) is 0 Å². The summed E-state index contributed by atoms with van der Waals surface area (Å²) in [6.45, 7) is 4.18. The van der Waals surface area contributed by atoms with E-state index in [1.807, 2.05) is 60.9 Å². The Morgan fingerprint density at radius 2 is 1.91 bits per heavy atom. The third-order valence-corrected chi connectivity index (χ3v) is 7.61. The largest absolute Gasteiger partial charge is 0.463 e. The van der Waals surface area contributed by atoms with Crippen molar-refractivity contribution in [2.45, 2.75) is 57.7 Å². The minimum atomic E-state index is -1.09. The smallest absolute Gasteiger partial charge is 0.275 e. The van der Waals surface area contributed by atoms with E-state index in [1.165, 1.54) is 0 Å². The lowest BCUT2D eigenvalue weighted by molar-refractivity contribution is -0.127. The fourth-order valence-corrected chi connectivity index (χ4v) is 5.18. The van der Waals surface area contributed by atoms with E-state index in [0.717, 1.165) is 41.4 Å². The van der Waals surface area contributed by atoms with Gasteiger partial charge in [-0.3, -0.25) is 14.5 Å². The molecule has 5 rings (SSSR count). The number of hydrogen-bond donors (Lipinski definition) is 1. The average molecular weight is 496 g/mol. The summed E-state index contributed by atoms with van der Waals surface area (Å²) in [7, 11) is 0. The van der Waals surface area contributed by atoms with Crippen LogP contribution in [0.25, 0.3) is 11.5 Å². The Morgan fingerprint density at radius 1 is 1.16 bits per heavy atom. The number of hydrogen-bond acceptors (Lipinski definition) is 3. The van der Waals surface area contributed by atoms with Gasteiger partial charge in [-0.15, -0.1) is 0 Å². The molecule has 32 heavy (non-hydrogen) atoms. The number of fused-ring (bicyclic) bond motifs is 1. The molecule has 0 unspecified atom stereocenters. The Balaban J connectivity index is 1.62. The number of benzene rings is 1. The van der Waals surface area contributed by atoms with E-state index in [9.17, 15) is 9.59 Å². The van der Waals surface area contributed by atoms with Gasteiger partial charge in [0.25, 0.3) is 5.91 Å². The van der Waals surface area contributed by atoms with Crippen LogP contribution in [0.15, 0.2) is 57.6 Å². The van der Waals surface area contributed by atoms with Gasteiger partial charge in [0.1, 0.15) is 17.0 Å². The van der Waals surface area contributed by atoms with Gasteiger partial charge in [-0.1, -0.05) is 28.8 Å². The number of halogens is 1. The highest BCUT2D eigenvalue weighted by atomic mass is 79.9. The first kappa shape index (κ1) is 21.1. The lowest BCUT2D eigenvalue weighted by Crippen LogP contribution is -2.65. The van der Waals surface area contributed by atoms with Crippen LogP contribution in [-0.2, 0) is 11.3 Å². The van der Waals surface area contributed by atoms with E-state index in [4.69, 9.17) is 4.42 Å². The maximum Gasteiger partial charge on any atom is 0.275 e. The molecule has 1 N–H and O–H groups in total. The molecule has 0 spiro atoms. The summed E-state index contributed by atoms with van der Waals surface area (Å²) in [5, 5.41) is 3.23. The number of aryl methyl sites for hydroxylation is 1. The lowest BCUT2D eigenvalue weighted by Gasteiger charge is -2.44. The number of nitrogens with zero attached hydrogens (tertiary/aromatic N) is 2. The number of amides is 2. The first-order valence-corrected chi connectivity index (χ1v) is 11.8. The van der Waals surface area contributed by atoms with Crippen molar-refractivity contribution in [3.8, 4) is 11.5 Å². The average Bonchev–Trinajstić information content (AvgIpc) is 3.52. The number of carbonyl (C=O) groups is 2. The molecule has 7 heteroatoms. The molecule has 1 atom stereocenters. The molecule has 3 heterocycles. The van der Waals surface area contributed by atoms with Crippen molar-refractivity contribution >= 4 is 33.4 Å². The third-order valence-electron chi connectivity index (χ3n) is 6.72. The minimum absolute atomic E-state index is 0.122. The van der Waals surface area contributed by atoms with Crippen molar-refractivity contribution in [2.24, 2.45) is 0 Å². The van der Waals surface area contributed by atoms with Gasteiger partial charge in [-0.25, -0.2) is 0 Å². The number of carbonyl (C=O) groups excluding carboxylic acids is 2. The molecule has 2 amide bonds. The molecule has 166 valence electrons. The van der Waals surface area contributed by atoms with E-state index in [0.29, 0.717) is 23.7 Å². The number of aromatic nitrogens is 1. The highest BCUT2D eigenvalue weighted by Crippen LogP contribution is 2.37. The fourth-order valence-electron chi connectivity index (χ4n) is 4.94. The molecule has 1 fully saturated rings. The van der Waals surface area contributed by atoms with Crippen LogP contribution in [0.4, 0.5) is 5.69 Å².